The van der Waals surface area contributed by atoms with E-state index in [2.05, 4.69) is 48.3 Å². The molecule has 0 N–H and O–H groups in total. The third-order valence-corrected chi connectivity index (χ3v) is 7.87. The topological polar surface area (TPSA) is 38.7 Å². The van der Waals surface area contributed by atoms with Crippen LogP contribution in [0.3, 0.4) is 0 Å². The normalized spacial score (nSPS) is 13.6. The number of benzene rings is 1. The second kappa shape index (κ2) is 8.86. The van der Waals surface area contributed by atoms with Gasteiger partial charge in [-0.1, -0.05) is 55.8 Å². The lowest BCUT2D eigenvalue weighted by molar-refractivity contribution is 0.770. The van der Waals surface area contributed by atoms with Crippen LogP contribution in [0.1, 0.15) is 48.6 Å². The molecule has 0 amide bonds. The van der Waals surface area contributed by atoms with Crippen molar-refractivity contribution >= 4 is 49.6 Å². The number of rotatable bonds is 7. The largest absolute Gasteiger partial charge is 0.242 e. The van der Waals surface area contributed by atoms with E-state index in [4.69, 9.17) is 9.97 Å². The van der Waals surface area contributed by atoms with Gasteiger partial charge in [0.05, 0.1) is 10.2 Å². The number of nitrogens with zero attached hydrogens (tertiary/aromatic N) is 3. The highest BCUT2D eigenvalue weighted by atomic mass is 32.2. The average molecular weight is 432 g/mol. The summed E-state index contributed by atoms with van der Waals surface area (Å²) in [6, 6.07) is 10.4. The van der Waals surface area contributed by atoms with Gasteiger partial charge in [0.25, 0.3) is 0 Å². The number of aromatic nitrogens is 3. The van der Waals surface area contributed by atoms with Crippen LogP contribution in [0.15, 0.2) is 47.8 Å². The molecule has 3 aromatic heterocycles. The Kier molecular flexibility index (Phi) is 5.82. The fraction of sp³-hybridized carbons (Fsp3) is 0.320. The van der Waals surface area contributed by atoms with E-state index < -0.39 is 0 Å². The van der Waals surface area contributed by atoms with Gasteiger partial charge in [0.1, 0.15) is 16.2 Å². The van der Waals surface area contributed by atoms with Crippen LogP contribution >= 0.6 is 23.1 Å². The summed E-state index contributed by atoms with van der Waals surface area (Å²) in [5.41, 5.74) is 6.68. The molecule has 0 aliphatic heterocycles. The van der Waals surface area contributed by atoms with Crippen molar-refractivity contribution in [3.63, 3.8) is 0 Å². The smallest absolute Gasteiger partial charge is 0.126 e. The van der Waals surface area contributed by atoms with Crippen molar-refractivity contribution in [1.82, 2.24) is 15.0 Å². The molecule has 0 bridgehead atoms. The lowest BCUT2D eigenvalue weighted by atomic mass is 10.0. The molecule has 0 radical (unpaired) electrons. The Labute approximate surface area is 185 Å². The monoisotopic (exact) mass is 431 g/mol. The predicted octanol–water partition coefficient (Wildman–Crippen LogP) is 6.88. The van der Waals surface area contributed by atoms with Crippen molar-refractivity contribution < 1.29 is 0 Å². The standard InChI is InChI=1S/C25H25N3S2/c1-2-3-14-20-18-12-7-13-19(18)21-22-23(30-24(21)28-20)25(27-16-26-22)29-15-8-11-17-9-5-4-6-10-17/h4-6,8-11,16H,2-3,7,12-15H2,1H3. The predicted molar refractivity (Wildman–Crippen MR) is 130 cm³/mol. The molecule has 0 unspecified atom stereocenters. The van der Waals surface area contributed by atoms with Gasteiger partial charge in [0, 0.05) is 16.8 Å². The maximum absolute atomic E-state index is 5.13. The fourth-order valence-corrected chi connectivity index (χ4v) is 6.35. The highest BCUT2D eigenvalue weighted by Gasteiger charge is 2.24. The summed E-state index contributed by atoms with van der Waals surface area (Å²) in [6.45, 7) is 2.25. The zero-order valence-corrected chi connectivity index (χ0v) is 18.9. The van der Waals surface area contributed by atoms with E-state index in [-0.39, 0.29) is 0 Å². The number of fused-ring (bicyclic) bond motifs is 5. The maximum atomic E-state index is 5.13. The summed E-state index contributed by atoms with van der Waals surface area (Å²) in [7, 11) is 0. The molecule has 1 aliphatic rings. The molecule has 3 heterocycles. The Morgan fingerprint density at radius 1 is 1.10 bits per heavy atom. The molecule has 0 atom stereocenters. The van der Waals surface area contributed by atoms with Crippen LogP contribution in [0.25, 0.3) is 26.5 Å². The van der Waals surface area contributed by atoms with Crippen molar-refractivity contribution in [2.24, 2.45) is 0 Å². The number of aryl methyl sites for hydroxylation is 2. The first-order valence-corrected chi connectivity index (χ1v) is 12.6. The summed E-state index contributed by atoms with van der Waals surface area (Å²) < 4.78 is 1.19. The van der Waals surface area contributed by atoms with Gasteiger partial charge in [-0.05, 0) is 48.8 Å². The molecule has 4 aromatic rings. The number of thioether (sulfide) groups is 1. The van der Waals surface area contributed by atoms with Gasteiger partial charge in [-0.15, -0.1) is 23.1 Å². The third-order valence-electron chi connectivity index (χ3n) is 5.72. The van der Waals surface area contributed by atoms with E-state index in [1.54, 1.807) is 29.4 Å². The Bertz CT molecular complexity index is 1210. The van der Waals surface area contributed by atoms with Crippen molar-refractivity contribution in [2.45, 2.75) is 50.5 Å². The molecule has 152 valence electrons. The quantitative estimate of drug-likeness (QED) is 0.236. The van der Waals surface area contributed by atoms with Crippen LogP contribution in [0.4, 0.5) is 0 Å². The van der Waals surface area contributed by atoms with E-state index >= 15 is 0 Å². The molecule has 0 saturated heterocycles. The van der Waals surface area contributed by atoms with Crippen molar-refractivity contribution in [1.29, 1.82) is 0 Å². The number of unbranched alkanes of at least 4 members (excludes halogenated alkanes) is 1. The van der Waals surface area contributed by atoms with Crippen molar-refractivity contribution in [3.05, 3.63) is 65.1 Å². The number of pyridine rings is 1. The molecule has 0 spiro atoms. The van der Waals surface area contributed by atoms with Gasteiger partial charge in [-0.25, -0.2) is 15.0 Å². The highest BCUT2D eigenvalue weighted by molar-refractivity contribution is 7.99. The first-order valence-electron chi connectivity index (χ1n) is 10.8. The highest BCUT2D eigenvalue weighted by Crippen LogP contribution is 2.42. The third kappa shape index (κ3) is 3.77. The summed E-state index contributed by atoms with van der Waals surface area (Å²) >= 11 is 3.56. The van der Waals surface area contributed by atoms with Crippen LogP contribution in [0.5, 0.6) is 0 Å². The van der Waals surface area contributed by atoms with Gasteiger partial charge in [0.2, 0.25) is 0 Å². The molecule has 0 fully saturated rings. The summed E-state index contributed by atoms with van der Waals surface area (Å²) in [4.78, 5) is 15.6. The van der Waals surface area contributed by atoms with Crippen molar-refractivity contribution in [3.8, 4) is 0 Å². The molecular formula is C25H25N3S2. The summed E-state index contributed by atoms with van der Waals surface area (Å²) in [6.07, 6.45) is 13.2. The minimum atomic E-state index is 0.891. The zero-order valence-electron chi connectivity index (χ0n) is 17.2. The minimum Gasteiger partial charge on any atom is -0.242 e. The Balaban J connectivity index is 1.49. The first-order chi connectivity index (χ1) is 14.8. The maximum Gasteiger partial charge on any atom is 0.126 e. The number of hydrogen-bond donors (Lipinski definition) is 0. The van der Waals surface area contributed by atoms with E-state index in [0.717, 1.165) is 34.0 Å². The second-order valence-electron chi connectivity index (χ2n) is 7.74. The zero-order chi connectivity index (χ0) is 20.3. The van der Waals surface area contributed by atoms with Crippen LogP contribution in [-0.4, -0.2) is 20.7 Å². The van der Waals surface area contributed by atoms with E-state index in [1.807, 2.05) is 6.07 Å². The first kappa shape index (κ1) is 19.7. The second-order valence-corrected chi connectivity index (χ2v) is 9.74. The van der Waals surface area contributed by atoms with Crippen LogP contribution in [0.2, 0.25) is 0 Å². The molecule has 3 nitrogen and oxygen atoms in total. The number of hydrogen-bond acceptors (Lipinski definition) is 5. The summed E-state index contributed by atoms with van der Waals surface area (Å²) in [5, 5.41) is 2.37. The Morgan fingerprint density at radius 3 is 2.83 bits per heavy atom. The van der Waals surface area contributed by atoms with E-state index in [9.17, 15) is 0 Å². The minimum absolute atomic E-state index is 0.891. The van der Waals surface area contributed by atoms with Gasteiger partial charge in [-0.2, -0.15) is 0 Å². The van der Waals surface area contributed by atoms with Crippen molar-refractivity contribution in [2.75, 3.05) is 5.75 Å². The van der Waals surface area contributed by atoms with Gasteiger partial charge >= 0.3 is 0 Å². The average Bonchev–Trinajstić information content (AvgIpc) is 3.40. The van der Waals surface area contributed by atoms with E-state index in [0.29, 0.717) is 0 Å². The van der Waals surface area contributed by atoms with Gasteiger partial charge in [0.15, 0.2) is 0 Å². The van der Waals surface area contributed by atoms with Gasteiger partial charge < -0.3 is 0 Å². The van der Waals surface area contributed by atoms with Crippen LogP contribution in [0, 0.1) is 0 Å². The van der Waals surface area contributed by atoms with E-state index in [1.165, 1.54) is 58.2 Å². The molecule has 5 rings (SSSR count). The molecule has 1 aliphatic carbocycles. The summed E-state index contributed by atoms with van der Waals surface area (Å²) in [5.74, 6) is 0.891. The SMILES string of the molecule is CCCCc1nc2sc3c(SCC=Cc4ccccc4)ncnc3c2c2c1CCC2. The molecule has 0 saturated carbocycles. The lowest BCUT2D eigenvalue weighted by Gasteiger charge is -2.08. The number of thiophene rings is 1. The fourth-order valence-electron chi connectivity index (χ4n) is 4.28. The Morgan fingerprint density at radius 2 is 1.97 bits per heavy atom. The molecule has 1 aromatic carbocycles. The van der Waals surface area contributed by atoms with Crippen LogP contribution in [-0.2, 0) is 19.3 Å². The molecule has 30 heavy (non-hydrogen) atoms. The Hall–Kier alpha value is -2.24. The molecule has 5 heteroatoms. The lowest BCUT2D eigenvalue weighted by Crippen LogP contribution is -1.98. The molecular weight excluding hydrogens is 406 g/mol. The van der Waals surface area contributed by atoms with Gasteiger partial charge in [-0.3, -0.25) is 0 Å². The van der Waals surface area contributed by atoms with Crippen LogP contribution < -0.4 is 0 Å².